The largest absolute Gasteiger partial charge is 0.314 e. The van der Waals surface area contributed by atoms with Gasteiger partial charge in [0.15, 0.2) is 0 Å². The summed E-state index contributed by atoms with van der Waals surface area (Å²) in [5, 5.41) is 8.26. The minimum Gasteiger partial charge on any atom is -0.314 e. The molecule has 1 aromatic carbocycles. The van der Waals surface area contributed by atoms with E-state index in [1.165, 1.54) is 31.0 Å². The summed E-state index contributed by atoms with van der Waals surface area (Å²) >= 11 is 0. The van der Waals surface area contributed by atoms with Crippen LogP contribution in [0.15, 0.2) is 18.2 Å². The van der Waals surface area contributed by atoms with Gasteiger partial charge in [0.25, 0.3) is 0 Å². The molecule has 0 amide bonds. The zero-order valence-corrected chi connectivity index (χ0v) is 12.1. The zero-order chi connectivity index (χ0) is 14.4. The Labute approximate surface area is 123 Å². The van der Waals surface area contributed by atoms with Gasteiger partial charge >= 0.3 is 0 Å². The molecule has 3 heterocycles. The molecule has 0 aliphatic carbocycles. The van der Waals surface area contributed by atoms with Crippen LogP contribution in [0.5, 0.6) is 0 Å². The van der Waals surface area contributed by atoms with E-state index >= 15 is 0 Å². The molecule has 2 unspecified atom stereocenters. The highest BCUT2D eigenvalue weighted by Crippen LogP contribution is 2.40. The van der Waals surface area contributed by atoms with Gasteiger partial charge in [0.2, 0.25) is 0 Å². The van der Waals surface area contributed by atoms with Crippen LogP contribution in [0, 0.1) is 11.6 Å². The van der Waals surface area contributed by atoms with E-state index in [0.29, 0.717) is 17.6 Å². The summed E-state index contributed by atoms with van der Waals surface area (Å²) in [4.78, 5) is 0. The molecule has 1 N–H and O–H groups in total. The van der Waals surface area contributed by atoms with E-state index in [1.54, 1.807) is 0 Å². The third-order valence-corrected chi connectivity index (χ3v) is 5.18. The fourth-order valence-electron chi connectivity index (χ4n) is 4.29. The number of hydrogen-bond donors (Lipinski definition) is 1. The zero-order valence-electron chi connectivity index (χ0n) is 12.1. The lowest BCUT2D eigenvalue weighted by Crippen LogP contribution is -2.58. The Bertz CT molecular complexity index is 520. The topological polar surface area (TPSA) is 18.5 Å². The molecular formula is C16H21F2N3. The molecule has 114 valence electrons. The lowest BCUT2D eigenvalue weighted by atomic mass is 10.0. The fraction of sp³-hybridized carbons (Fsp3) is 0.625. The van der Waals surface area contributed by atoms with E-state index in [2.05, 4.69) is 15.3 Å². The lowest BCUT2D eigenvalue weighted by molar-refractivity contribution is -0.0899. The lowest BCUT2D eigenvalue weighted by Gasteiger charge is -2.44. The minimum atomic E-state index is -0.346. The molecule has 3 saturated heterocycles. The highest BCUT2D eigenvalue weighted by atomic mass is 19.1. The monoisotopic (exact) mass is 293 g/mol. The van der Waals surface area contributed by atoms with Gasteiger partial charge in [-0.05, 0) is 43.9 Å². The maximum Gasteiger partial charge on any atom is 0.128 e. The first-order valence-electron chi connectivity index (χ1n) is 7.94. The molecule has 3 fully saturated rings. The molecule has 1 aromatic rings. The normalized spacial score (nSPS) is 33.7. The number of nitrogens with zero attached hydrogens (tertiary/aromatic N) is 2. The fourth-order valence-corrected chi connectivity index (χ4v) is 4.29. The van der Waals surface area contributed by atoms with Gasteiger partial charge < -0.3 is 5.32 Å². The van der Waals surface area contributed by atoms with E-state index < -0.39 is 0 Å². The van der Waals surface area contributed by atoms with Crippen molar-refractivity contribution in [1.29, 1.82) is 0 Å². The van der Waals surface area contributed by atoms with Crippen LogP contribution in [0.3, 0.4) is 0 Å². The second-order valence-corrected chi connectivity index (χ2v) is 6.41. The third kappa shape index (κ3) is 2.28. The van der Waals surface area contributed by atoms with Crippen LogP contribution in [-0.4, -0.2) is 41.7 Å². The molecule has 0 aromatic heterocycles. The molecule has 3 aliphatic heterocycles. The van der Waals surface area contributed by atoms with Gasteiger partial charge in [0.1, 0.15) is 11.6 Å². The molecule has 5 heteroatoms. The van der Waals surface area contributed by atoms with E-state index in [1.807, 2.05) is 0 Å². The second kappa shape index (κ2) is 5.30. The Morgan fingerprint density at radius 1 is 1.05 bits per heavy atom. The first-order valence-corrected chi connectivity index (χ1v) is 7.94. The van der Waals surface area contributed by atoms with Gasteiger partial charge in [0, 0.05) is 37.3 Å². The quantitative estimate of drug-likeness (QED) is 0.903. The number of rotatable bonds is 2. The summed E-state index contributed by atoms with van der Waals surface area (Å²) in [7, 11) is 0. The Balaban J connectivity index is 1.65. The number of benzene rings is 1. The Morgan fingerprint density at radius 2 is 1.81 bits per heavy atom. The van der Waals surface area contributed by atoms with Crippen molar-refractivity contribution in [2.45, 2.75) is 43.8 Å². The predicted octanol–water partition coefficient (Wildman–Crippen LogP) is 2.45. The predicted molar refractivity (Wildman–Crippen MR) is 76.6 cm³/mol. The molecule has 0 radical (unpaired) electrons. The van der Waals surface area contributed by atoms with Crippen LogP contribution >= 0.6 is 0 Å². The third-order valence-electron chi connectivity index (χ3n) is 5.18. The summed E-state index contributed by atoms with van der Waals surface area (Å²) in [5.41, 5.74) is 0.519. The van der Waals surface area contributed by atoms with Crippen LogP contribution in [0.4, 0.5) is 8.78 Å². The Hall–Kier alpha value is -1.04. The van der Waals surface area contributed by atoms with E-state index in [0.717, 1.165) is 32.5 Å². The summed E-state index contributed by atoms with van der Waals surface area (Å²) in [6.07, 6.45) is 4.35. The molecule has 4 rings (SSSR count). The summed E-state index contributed by atoms with van der Waals surface area (Å²) in [6, 6.07) is 4.85. The number of nitrogens with one attached hydrogen (secondary N) is 1. The van der Waals surface area contributed by atoms with Crippen LogP contribution in [0.1, 0.15) is 37.3 Å². The van der Waals surface area contributed by atoms with Crippen LogP contribution in [0.25, 0.3) is 0 Å². The van der Waals surface area contributed by atoms with Gasteiger partial charge in [-0.3, -0.25) is 0 Å². The molecule has 2 bridgehead atoms. The minimum absolute atomic E-state index is 0.0121. The van der Waals surface area contributed by atoms with Crippen LogP contribution in [-0.2, 0) is 0 Å². The maximum absolute atomic E-state index is 14.1. The molecule has 3 nitrogen and oxygen atoms in total. The molecule has 3 aliphatic rings. The van der Waals surface area contributed by atoms with E-state index in [-0.39, 0.29) is 17.7 Å². The highest BCUT2D eigenvalue weighted by molar-refractivity contribution is 5.23. The number of fused-ring (bicyclic) bond motifs is 2. The first kappa shape index (κ1) is 13.6. The maximum atomic E-state index is 14.1. The molecular weight excluding hydrogens is 272 g/mol. The smallest absolute Gasteiger partial charge is 0.128 e. The molecule has 3 atom stereocenters. The average Bonchev–Trinajstić information content (AvgIpc) is 3.03. The number of halogens is 2. The second-order valence-electron chi connectivity index (χ2n) is 6.41. The van der Waals surface area contributed by atoms with Gasteiger partial charge in [-0.1, -0.05) is 0 Å². The van der Waals surface area contributed by atoms with Crippen LogP contribution < -0.4 is 5.32 Å². The SMILES string of the molecule is Fc1ccc(F)c([C@H]2CCCN2N2C3CCC2CNC3)c1. The highest BCUT2D eigenvalue weighted by Gasteiger charge is 2.44. The van der Waals surface area contributed by atoms with Gasteiger partial charge in [-0.25, -0.2) is 18.8 Å². The van der Waals surface area contributed by atoms with Crippen molar-refractivity contribution < 1.29 is 8.78 Å². The summed E-state index contributed by atoms with van der Waals surface area (Å²) in [6.45, 7) is 2.96. The summed E-state index contributed by atoms with van der Waals surface area (Å²) in [5.74, 6) is -0.627. The van der Waals surface area contributed by atoms with Crippen molar-refractivity contribution in [3.63, 3.8) is 0 Å². The van der Waals surface area contributed by atoms with Crippen molar-refractivity contribution in [3.8, 4) is 0 Å². The van der Waals surface area contributed by atoms with Gasteiger partial charge in [-0.15, -0.1) is 0 Å². The van der Waals surface area contributed by atoms with E-state index in [4.69, 9.17) is 0 Å². The molecule has 0 spiro atoms. The average molecular weight is 293 g/mol. The van der Waals surface area contributed by atoms with Crippen molar-refractivity contribution in [2.24, 2.45) is 0 Å². The number of piperazine rings is 1. The molecule has 21 heavy (non-hydrogen) atoms. The van der Waals surface area contributed by atoms with Crippen LogP contribution in [0.2, 0.25) is 0 Å². The van der Waals surface area contributed by atoms with Crippen molar-refractivity contribution in [1.82, 2.24) is 15.3 Å². The van der Waals surface area contributed by atoms with Gasteiger partial charge in [-0.2, -0.15) is 0 Å². The van der Waals surface area contributed by atoms with Gasteiger partial charge in [0.05, 0.1) is 6.04 Å². The van der Waals surface area contributed by atoms with Crippen molar-refractivity contribution >= 4 is 0 Å². The number of hydrazine groups is 1. The van der Waals surface area contributed by atoms with Crippen molar-refractivity contribution in [3.05, 3.63) is 35.4 Å². The summed E-state index contributed by atoms with van der Waals surface area (Å²) < 4.78 is 27.7. The Kier molecular flexibility index (Phi) is 3.44. The standard InChI is InChI=1S/C16H21F2N3/c17-11-3-6-15(18)14(8-11)16-2-1-7-20(16)21-12-4-5-13(21)10-19-9-12/h3,6,8,12-13,16,19H,1-2,4-5,7,9-10H2/t12?,13?,16-/m1/s1. The van der Waals surface area contributed by atoms with E-state index in [9.17, 15) is 8.78 Å². The Morgan fingerprint density at radius 3 is 2.57 bits per heavy atom. The first-order chi connectivity index (χ1) is 10.2. The van der Waals surface area contributed by atoms with Crippen molar-refractivity contribution in [2.75, 3.05) is 19.6 Å². The number of hydrogen-bond acceptors (Lipinski definition) is 3. The molecule has 0 saturated carbocycles.